The van der Waals surface area contributed by atoms with Crippen LogP contribution in [0.25, 0.3) is 0 Å². The van der Waals surface area contributed by atoms with Gasteiger partial charge in [0.25, 0.3) is 0 Å². The van der Waals surface area contributed by atoms with E-state index >= 15 is 0 Å². The molecule has 0 aliphatic heterocycles. The number of aromatic carboxylic acids is 1. The number of aliphatic hydroxyl groups excluding tert-OH is 1. The number of benzene rings is 1. The summed E-state index contributed by atoms with van der Waals surface area (Å²) < 4.78 is 0. The molecule has 0 heterocycles. The van der Waals surface area contributed by atoms with E-state index in [1.165, 1.54) is 17.0 Å². The van der Waals surface area contributed by atoms with Gasteiger partial charge in [-0.05, 0) is 30.7 Å². The molecule has 0 radical (unpaired) electrons. The van der Waals surface area contributed by atoms with Crippen molar-refractivity contribution in [3.8, 4) is 0 Å². The first-order valence-electron chi connectivity index (χ1n) is 6.09. The van der Waals surface area contributed by atoms with Gasteiger partial charge in [-0.3, -0.25) is 4.90 Å². The van der Waals surface area contributed by atoms with E-state index in [2.05, 4.69) is 5.32 Å². The van der Waals surface area contributed by atoms with Crippen LogP contribution >= 0.6 is 0 Å². The predicted molar refractivity (Wildman–Crippen MR) is 71.5 cm³/mol. The summed E-state index contributed by atoms with van der Waals surface area (Å²) in [6, 6.07) is 5.64. The van der Waals surface area contributed by atoms with E-state index in [0.717, 1.165) is 6.42 Å². The second kappa shape index (κ2) is 7.38. The monoisotopic (exact) mass is 266 g/mol. The molecular formula is C13H18N2O4. The zero-order chi connectivity index (χ0) is 14.3. The van der Waals surface area contributed by atoms with Gasteiger partial charge < -0.3 is 15.5 Å². The zero-order valence-electron chi connectivity index (χ0n) is 10.8. The van der Waals surface area contributed by atoms with E-state index < -0.39 is 5.97 Å². The topological polar surface area (TPSA) is 89.9 Å². The van der Waals surface area contributed by atoms with Crippen molar-refractivity contribution in [3.63, 3.8) is 0 Å². The Balaban J connectivity index is 2.85. The fourth-order valence-electron chi connectivity index (χ4n) is 1.56. The minimum absolute atomic E-state index is 0.154. The van der Waals surface area contributed by atoms with E-state index in [1.807, 2.05) is 6.92 Å². The maximum atomic E-state index is 11.9. The SMILES string of the molecule is CCCNC(=O)N(CCO)c1ccc(C(=O)O)cc1. The molecule has 0 atom stereocenters. The number of carboxylic acids is 1. The zero-order valence-corrected chi connectivity index (χ0v) is 10.8. The second-order valence-electron chi connectivity index (χ2n) is 3.96. The minimum Gasteiger partial charge on any atom is -0.478 e. The number of carbonyl (C=O) groups is 2. The van der Waals surface area contributed by atoms with Gasteiger partial charge in [0.1, 0.15) is 0 Å². The van der Waals surface area contributed by atoms with Crippen molar-refractivity contribution < 1.29 is 19.8 Å². The summed E-state index contributed by atoms with van der Waals surface area (Å²) in [7, 11) is 0. The number of anilines is 1. The molecule has 104 valence electrons. The molecule has 2 amide bonds. The van der Waals surface area contributed by atoms with Crippen LogP contribution in [-0.4, -0.2) is 41.9 Å². The number of hydrogen-bond donors (Lipinski definition) is 3. The number of amides is 2. The van der Waals surface area contributed by atoms with Crippen LogP contribution in [0.5, 0.6) is 0 Å². The molecule has 0 spiro atoms. The lowest BCUT2D eigenvalue weighted by atomic mass is 10.2. The molecular weight excluding hydrogens is 248 g/mol. The normalized spacial score (nSPS) is 10.0. The van der Waals surface area contributed by atoms with Crippen LogP contribution in [0.4, 0.5) is 10.5 Å². The van der Waals surface area contributed by atoms with E-state index in [1.54, 1.807) is 12.1 Å². The highest BCUT2D eigenvalue weighted by Gasteiger charge is 2.14. The summed E-state index contributed by atoms with van der Waals surface area (Å²) in [5.41, 5.74) is 0.703. The van der Waals surface area contributed by atoms with Gasteiger partial charge in [0.05, 0.1) is 18.7 Å². The summed E-state index contributed by atoms with van der Waals surface area (Å²) in [5.74, 6) is -1.02. The van der Waals surface area contributed by atoms with Crippen molar-refractivity contribution in [2.75, 3.05) is 24.6 Å². The smallest absolute Gasteiger partial charge is 0.335 e. The van der Waals surface area contributed by atoms with Gasteiger partial charge in [0.15, 0.2) is 0 Å². The fraction of sp³-hybridized carbons (Fsp3) is 0.385. The molecule has 0 aliphatic rings. The third kappa shape index (κ3) is 4.26. The van der Waals surface area contributed by atoms with Gasteiger partial charge in [-0.1, -0.05) is 6.92 Å². The highest BCUT2D eigenvalue weighted by molar-refractivity contribution is 5.93. The van der Waals surface area contributed by atoms with Gasteiger partial charge >= 0.3 is 12.0 Å². The van der Waals surface area contributed by atoms with E-state index in [0.29, 0.717) is 12.2 Å². The maximum Gasteiger partial charge on any atom is 0.335 e. The number of rotatable bonds is 6. The summed E-state index contributed by atoms with van der Waals surface area (Å²) in [4.78, 5) is 24.0. The van der Waals surface area contributed by atoms with Crippen LogP contribution < -0.4 is 10.2 Å². The lowest BCUT2D eigenvalue weighted by molar-refractivity contribution is 0.0697. The van der Waals surface area contributed by atoms with Crippen LogP contribution in [0.3, 0.4) is 0 Å². The molecule has 0 saturated heterocycles. The number of urea groups is 1. The van der Waals surface area contributed by atoms with Crippen LogP contribution in [0.1, 0.15) is 23.7 Å². The van der Waals surface area contributed by atoms with Gasteiger partial charge in [-0.15, -0.1) is 0 Å². The minimum atomic E-state index is -1.02. The third-order valence-electron chi connectivity index (χ3n) is 2.52. The average Bonchev–Trinajstić information content (AvgIpc) is 2.42. The molecule has 6 nitrogen and oxygen atoms in total. The molecule has 19 heavy (non-hydrogen) atoms. The highest BCUT2D eigenvalue weighted by Crippen LogP contribution is 2.15. The molecule has 0 unspecified atom stereocenters. The quantitative estimate of drug-likeness (QED) is 0.724. The van der Waals surface area contributed by atoms with E-state index in [4.69, 9.17) is 10.2 Å². The Labute approximate surface area is 111 Å². The Morgan fingerprint density at radius 1 is 1.26 bits per heavy atom. The summed E-state index contributed by atoms with van der Waals surface area (Å²) >= 11 is 0. The Hall–Kier alpha value is -2.08. The van der Waals surface area contributed by atoms with Crippen molar-refractivity contribution in [2.24, 2.45) is 0 Å². The first-order chi connectivity index (χ1) is 9.10. The van der Waals surface area contributed by atoms with Gasteiger partial charge in [-0.2, -0.15) is 0 Å². The highest BCUT2D eigenvalue weighted by atomic mass is 16.4. The number of nitrogens with zero attached hydrogens (tertiary/aromatic N) is 1. The largest absolute Gasteiger partial charge is 0.478 e. The van der Waals surface area contributed by atoms with Crippen LogP contribution in [0, 0.1) is 0 Å². The number of carboxylic acid groups (broad SMARTS) is 1. The molecule has 6 heteroatoms. The number of carbonyl (C=O) groups excluding carboxylic acids is 1. The van der Waals surface area contributed by atoms with Crippen molar-refractivity contribution in [3.05, 3.63) is 29.8 Å². The summed E-state index contributed by atoms with van der Waals surface area (Å²) in [5, 5.41) is 20.5. The van der Waals surface area contributed by atoms with Crippen molar-refractivity contribution in [1.29, 1.82) is 0 Å². The molecule has 3 N–H and O–H groups in total. The summed E-state index contributed by atoms with van der Waals surface area (Å²) in [6.45, 7) is 2.48. The first kappa shape index (κ1) is 15.0. The molecule has 0 aliphatic carbocycles. The molecule has 1 aromatic carbocycles. The standard InChI is InChI=1S/C13H18N2O4/c1-2-7-14-13(19)15(8-9-16)11-5-3-10(4-6-11)12(17)18/h3-6,16H,2,7-9H2,1H3,(H,14,19)(H,17,18). The molecule has 1 rings (SSSR count). The van der Waals surface area contributed by atoms with Gasteiger partial charge in [-0.25, -0.2) is 9.59 Å². The molecule has 0 bridgehead atoms. The van der Waals surface area contributed by atoms with Crippen molar-refractivity contribution in [2.45, 2.75) is 13.3 Å². The van der Waals surface area contributed by atoms with Gasteiger partial charge in [0, 0.05) is 12.2 Å². The van der Waals surface area contributed by atoms with Crippen LogP contribution in [-0.2, 0) is 0 Å². The average molecular weight is 266 g/mol. The van der Waals surface area contributed by atoms with E-state index in [9.17, 15) is 9.59 Å². The first-order valence-corrected chi connectivity index (χ1v) is 6.09. The Morgan fingerprint density at radius 2 is 1.89 bits per heavy atom. The Morgan fingerprint density at radius 3 is 2.37 bits per heavy atom. The van der Waals surface area contributed by atoms with Crippen molar-refractivity contribution in [1.82, 2.24) is 5.32 Å². The maximum absolute atomic E-state index is 11.9. The van der Waals surface area contributed by atoms with Crippen LogP contribution in [0.15, 0.2) is 24.3 Å². The van der Waals surface area contributed by atoms with Crippen LogP contribution in [0.2, 0.25) is 0 Å². The lowest BCUT2D eigenvalue weighted by Gasteiger charge is -2.22. The predicted octanol–water partition coefficient (Wildman–Crippen LogP) is 1.30. The van der Waals surface area contributed by atoms with Crippen molar-refractivity contribution >= 4 is 17.7 Å². The molecule has 0 saturated carbocycles. The van der Waals surface area contributed by atoms with E-state index in [-0.39, 0.29) is 24.7 Å². The molecule has 0 fully saturated rings. The van der Waals surface area contributed by atoms with Gasteiger partial charge in [0.2, 0.25) is 0 Å². The second-order valence-corrected chi connectivity index (χ2v) is 3.96. The third-order valence-corrected chi connectivity index (χ3v) is 2.52. The summed E-state index contributed by atoms with van der Waals surface area (Å²) in [6.07, 6.45) is 0.816. The lowest BCUT2D eigenvalue weighted by Crippen LogP contribution is -2.42. The Bertz CT molecular complexity index is 431. The number of aliphatic hydroxyl groups is 1. The number of nitrogens with one attached hydrogen (secondary N) is 1. The fourth-order valence-corrected chi connectivity index (χ4v) is 1.56. The molecule has 0 aromatic heterocycles. The molecule has 1 aromatic rings. The number of hydrogen-bond acceptors (Lipinski definition) is 3. The Kier molecular flexibility index (Phi) is 5.81.